The van der Waals surface area contributed by atoms with Crippen LogP contribution < -0.4 is 0 Å². The molecule has 20 heavy (non-hydrogen) atoms. The fourth-order valence-corrected chi connectivity index (χ4v) is 1.72. The molecule has 96 valence electrons. The first kappa shape index (κ1) is 12.0. The summed E-state index contributed by atoms with van der Waals surface area (Å²) in [6.45, 7) is 1.95. The van der Waals surface area contributed by atoms with Crippen LogP contribution in [0.15, 0.2) is 41.3 Å². The molecule has 0 atom stereocenters. The smallest absolute Gasteiger partial charge is 0.276 e. The number of nitriles is 1. The first-order valence-electron chi connectivity index (χ1n) is 5.89. The molecule has 0 bridgehead atoms. The molecule has 3 aromatic rings. The number of nitrogens with zero attached hydrogens (tertiary/aromatic N) is 5. The van der Waals surface area contributed by atoms with Gasteiger partial charge in [0, 0.05) is 24.2 Å². The van der Waals surface area contributed by atoms with Crippen LogP contribution in [0.25, 0.3) is 23.0 Å². The Bertz CT molecular complexity index is 786. The van der Waals surface area contributed by atoms with Gasteiger partial charge in [0.2, 0.25) is 5.82 Å². The molecule has 0 aliphatic rings. The van der Waals surface area contributed by atoms with Crippen LogP contribution in [0.4, 0.5) is 0 Å². The van der Waals surface area contributed by atoms with E-state index in [9.17, 15) is 0 Å². The highest BCUT2D eigenvalue weighted by molar-refractivity contribution is 5.60. The van der Waals surface area contributed by atoms with Gasteiger partial charge >= 0.3 is 0 Å². The molecule has 0 fully saturated rings. The minimum atomic E-state index is 0.313. The van der Waals surface area contributed by atoms with Crippen LogP contribution in [0.3, 0.4) is 0 Å². The van der Waals surface area contributed by atoms with Crippen LogP contribution in [0.5, 0.6) is 0 Å². The first-order chi connectivity index (χ1) is 9.78. The van der Waals surface area contributed by atoms with Crippen molar-refractivity contribution in [2.24, 2.45) is 0 Å². The Morgan fingerprint density at radius 3 is 2.80 bits per heavy atom. The van der Waals surface area contributed by atoms with E-state index >= 15 is 0 Å². The van der Waals surface area contributed by atoms with Crippen molar-refractivity contribution in [2.75, 3.05) is 0 Å². The van der Waals surface area contributed by atoms with Crippen LogP contribution in [0, 0.1) is 18.3 Å². The highest BCUT2D eigenvalue weighted by Gasteiger charge is 2.13. The van der Waals surface area contributed by atoms with Crippen molar-refractivity contribution >= 4 is 0 Å². The van der Waals surface area contributed by atoms with E-state index in [0.717, 1.165) is 11.1 Å². The van der Waals surface area contributed by atoms with E-state index in [2.05, 4.69) is 20.1 Å². The molecule has 0 aliphatic heterocycles. The quantitative estimate of drug-likeness (QED) is 0.705. The van der Waals surface area contributed by atoms with Crippen LogP contribution >= 0.6 is 0 Å². The summed E-state index contributed by atoms with van der Waals surface area (Å²) >= 11 is 0. The monoisotopic (exact) mass is 263 g/mol. The minimum Gasteiger partial charge on any atom is -0.332 e. The molecular weight excluding hydrogens is 254 g/mol. The van der Waals surface area contributed by atoms with Crippen molar-refractivity contribution < 1.29 is 4.52 Å². The van der Waals surface area contributed by atoms with E-state index in [1.165, 1.54) is 6.20 Å². The van der Waals surface area contributed by atoms with Crippen LogP contribution in [0.2, 0.25) is 0 Å². The van der Waals surface area contributed by atoms with Gasteiger partial charge in [0.15, 0.2) is 0 Å². The van der Waals surface area contributed by atoms with Crippen LogP contribution in [-0.2, 0) is 0 Å². The van der Waals surface area contributed by atoms with Crippen molar-refractivity contribution in [1.29, 1.82) is 5.26 Å². The van der Waals surface area contributed by atoms with Gasteiger partial charge in [0.25, 0.3) is 5.89 Å². The summed E-state index contributed by atoms with van der Waals surface area (Å²) in [6, 6.07) is 7.21. The Morgan fingerprint density at radius 2 is 2.10 bits per heavy atom. The number of hydrogen-bond acceptors (Lipinski definition) is 6. The molecule has 6 heteroatoms. The van der Waals surface area contributed by atoms with Crippen molar-refractivity contribution in [3.63, 3.8) is 0 Å². The maximum Gasteiger partial charge on any atom is 0.276 e. The largest absolute Gasteiger partial charge is 0.332 e. The summed E-state index contributed by atoms with van der Waals surface area (Å²) in [7, 11) is 0. The highest BCUT2D eigenvalue weighted by Crippen LogP contribution is 2.22. The van der Waals surface area contributed by atoms with Gasteiger partial charge in [-0.15, -0.1) is 0 Å². The average molecular weight is 263 g/mol. The van der Waals surface area contributed by atoms with Gasteiger partial charge < -0.3 is 4.52 Å². The maximum absolute atomic E-state index is 8.73. The molecule has 0 aromatic carbocycles. The zero-order chi connectivity index (χ0) is 13.9. The van der Waals surface area contributed by atoms with Crippen LogP contribution in [0.1, 0.15) is 11.1 Å². The summed E-state index contributed by atoms with van der Waals surface area (Å²) in [5.41, 5.74) is 2.84. The zero-order valence-electron chi connectivity index (χ0n) is 10.6. The SMILES string of the molecule is Cc1ccncc1-c1noc(-c2ccc(C#N)cn2)n1. The first-order valence-corrected chi connectivity index (χ1v) is 5.89. The lowest BCUT2D eigenvalue weighted by atomic mass is 10.1. The summed E-state index contributed by atoms with van der Waals surface area (Å²) in [5.74, 6) is 0.782. The predicted octanol–water partition coefficient (Wildman–Crippen LogP) is 2.37. The summed E-state index contributed by atoms with van der Waals surface area (Å²) in [6.07, 6.45) is 4.87. The Morgan fingerprint density at radius 1 is 1.20 bits per heavy atom. The minimum absolute atomic E-state index is 0.313. The molecule has 0 amide bonds. The Labute approximate surface area is 114 Å². The van der Waals surface area contributed by atoms with E-state index in [1.807, 2.05) is 19.1 Å². The fourth-order valence-electron chi connectivity index (χ4n) is 1.72. The number of pyridine rings is 2. The molecule has 3 heterocycles. The predicted molar refractivity (Wildman–Crippen MR) is 70.2 cm³/mol. The van der Waals surface area contributed by atoms with E-state index in [1.54, 1.807) is 24.5 Å². The molecule has 3 aromatic heterocycles. The van der Waals surface area contributed by atoms with E-state index < -0.39 is 0 Å². The average Bonchev–Trinajstić information content (AvgIpc) is 2.97. The van der Waals surface area contributed by atoms with Gasteiger partial charge in [-0.05, 0) is 30.7 Å². The number of aromatic nitrogens is 4. The Balaban J connectivity index is 1.98. The van der Waals surface area contributed by atoms with Crippen molar-refractivity contribution in [3.05, 3.63) is 47.9 Å². The molecule has 0 N–H and O–H groups in total. The third-order valence-electron chi connectivity index (χ3n) is 2.82. The second-order valence-electron chi connectivity index (χ2n) is 4.16. The van der Waals surface area contributed by atoms with Gasteiger partial charge in [-0.1, -0.05) is 5.16 Å². The molecule has 0 saturated heterocycles. The van der Waals surface area contributed by atoms with Gasteiger partial charge in [-0.25, -0.2) is 4.98 Å². The summed E-state index contributed by atoms with van der Waals surface area (Å²) < 4.78 is 5.20. The molecule has 3 rings (SSSR count). The lowest BCUT2D eigenvalue weighted by molar-refractivity contribution is 0.431. The molecule has 0 unspecified atom stereocenters. The standard InChI is InChI=1S/C14H9N5O/c1-9-4-5-16-8-11(9)13-18-14(20-19-13)12-3-2-10(6-15)7-17-12/h2-5,7-8H,1H3. The van der Waals surface area contributed by atoms with Gasteiger partial charge in [-0.2, -0.15) is 10.2 Å². The molecular formula is C14H9N5O. The molecule has 0 saturated carbocycles. The second kappa shape index (κ2) is 4.90. The molecule has 0 radical (unpaired) electrons. The maximum atomic E-state index is 8.73. The van der Waals surface area contributed by atoms with Crippen LogP contribution in [-0.4, -0.2) is 20.1 Å². The Kier molecular flexibility index (Phi) is 2.94. The molecule has 0 spiro atoms. The van der Waals surface area contributed by atoms with E-state index in [0.29, 0.717) is 23.0 Å². The zero-order valence-corrected chi connectivity index (χ0v) is 10.6. The lowest BCUT2D eigenvalue weighted by Crippen LogP contribution is -1.88. The number of rotatable bonds is 2. The summed E-state index contributed by atoms with van der Waals surface area (Å²) in [4.78, 5) is 12.5. The molecule has 0 aliphatic carbocycles. The fraction of sp³-hybridized carbons (Fsp3) is 0.0714. The second-order valence-corrected chi connectivity index (χ2v) is 4.16. The topological polar surface area (TPSA) is 88.5 Å². The highest BCUT2D eigenvalue weighted by atomic mass is 16.5. The third kappa shape index (κ3) is 2.12. The van der Waals surface area contributed by atoms with Gasteiger partial charge in [0.05, 0.1) is 5.56 Å². The number of hydrogen-bond donors (Lipinski definition) is 0. The summed E-state index contributed by atoms with van der Waals surface area (Å²) in [5, 5.41) is 12.7. The van der Waals surface area contributed by atoms with E-state index in [-0.39, 0.29) is 0 Å². The number of aryl methyl sites for hydroxylation is 1. The van der Waals surface area contributed by atoms with Crippen molar-refractivity contribution in [3.8, 4) is 29.0 Å². The van der Waals surface area contributed by atoms with E-state index in [4.69, 9.17) is 9.78 Å². The van der Waals surface area contributed by atoms with Gasteiger partial charge in [-0.3, -0.25) is 4.98 Å². The normalized spacial score (nSPS) is 10.2. The van der Waals surface area contributed by atoms with Crippen molar-refractivity contribution in [2.45, 2.75) is 6.92 Å². The lowest BCUT2D eigenvalue weighted by Gasteiger charge is -1.97. The van der Waals surface area contributed by atoms with Gasteiger partial charge in [0.1, 0.15) is 11.8 Å². The van der Waals surface area contributed by atoms with Crippen molar-refractivity contribution in [1.82, 2.24) is 20.1 Å². The molecule has 6 nitrogen and oxygen atoms in total. The Hall–Kier alpha value is -3.07. The third-order valence-corrected chi connectivity index (χ3v) is 2.82.